The monoisotopic (exact) mass is 559 g/mol. The Labute approximate surface area is 252 Å². The summed E-state index contributed by atoms with van der Waals surface area (Å²) in [6.45, 7) is 0. The van der Waals surface area contributed by atoms with Crippen molar-refractivity contribution in [3.05, 3.63) is 144 Å². The van der Waals surface area contributed by atoms with Gasteiger partial charge in [-0.2, -0.15) is 15.8 Å². The lowest BCUT2D eigenvalue weighted by atomic mass is 9.91. The van der Waals surface area contributed by atoms with Crippen LogP contribution in [0.4, 0.5) is 0 Å². The summed E-state index contributed by atoms with van der Waals surface area (Å²) in [4.78, 5) is 0. The van der Waals surface area contributed by atoms with E-state index >= 15 is 0 Å². The molecule has 44 heavy (non-hydrogen) atoms. The van der Waals surface area contributed by atoms with E-state index in [4.69, 9.17) is 0 Å². The van der Waals surface area contributed by atoms with Gasteiger partial charge in [-0.3, -0.25) is 0 Å². The number of fused-ring (bicyclic) bond motifs is 6. The van der Waals surface area contributed by atoms with Gasteiger partial charge in [0.15, 0.2) is 0 Å². The molecular weight excluding hydrogens is 538 g/mol. The molecule has 0 amide bonds. The lowest BCUT2D eigenvalue weighted by Gasteiger charge is -2.18. The first kappa shape index (κ1) is 25.1. The van der Waals surface area contributed by atoms with Crippen LogP contribution in [0.1, 0.15) is 16.7 Å². The Morgan fingerprint density at radius 3 is 1.25 bits per heavy atom. The Morgan fingerprint density at radius 1 is 0.409 bits per heavy atom. The Kier molecular flexibility index (Phi) is 5.56. The number of nitrogens with zero attached hydrogens (tertiary/aromatic N) is 5. The standard InChI is InChI=1S/C39H21N5/c40-22-25-10-9-15-33(39(25)44-36-18-7-3-13-31(36)32-14-4-8-19-37(32)44)38-26(23-41)20-28(21-27(38)24-42)43-34-16-5-1-11-29(34)30-12-2-6-17-35(30)43/h1-21H. The zero-order chi connectivity index (χ0) is 29.8. The second kappa shape index (κ2) is 9.74. The molecule has 2 heterocycles. The fourth-order valence-electron chi connectivity index (χ4n) is 6.66. The number of para-hydroxylation sites is 5. The van der Waals surface area contributed by atoms with E-state index in [-0.39, 0.29) is 0 Å². The van der Waals surface area contributed by atoms with Crippen molar-refractivity contribution in [1.82, 2.24) is 9.13 Å². The largest absolute Gasteiger partial charge is 0.309 e. The average Bonchev–Trinajstić information content (AvgIpc) is 3.60. The normalized spacial score (nSPS) is 11.1. The third kappa shape index (κ3) is 3.50. The quantitative estimate of drug-likeness (QED) is 0.216. The molecule has 5 nitrogen and oxygen atoms in total. The molecule has 0 aliphatic rings. The van der Waals surface area contributed by atoms with Crippen molar-refractivity contribution >= 4 is 43.6 Å². The molecule has 5 heteroatoms. The number of benzene rings is 6. The first-order chi connectivity index (χ1) is 21.7. The van der Waals surface area contributed by atoms with Gasteiger partial charge in [0.05, 0.1) is 56.6 Å². The van der Waals surface area contributed by atoms with Crippen LogP contribution >= 0.6 is 0 Å². The minimum atomic E-state index is 0.359. The van der Waals surface area contributed by atoms with Gasteiger partial charge >= 0.3 is 0 Å². The van der Waals surface area contributed by atoms with Crippen LogP contribution in [0.25, 0.3) is 66.1 Å². The first-order valence-corrected chi connectivity index (χ1v) is 14.2. The van der Waals surface area contributed by atoms with Crippen LogP contribution in [-0.4, -0.2) is 9.13 Å². The second-order valence-electron chi connectivity index (χ2n) is 10.7. The van der Waals surface area contributed by atoms with Gasteiger partial charge in [-0.05, 0) is 42.5 Å². The molecule has 0 saturated heterocycles. The molecule has 0 saturated carbocycles. The summed E-state index contributed by atoms with van der Waals surface area (Å²) in [5.74, 6) is 0. The van der Waals surface area contributed by atoms with Crippen molar-refractivity contribution < 1.29 is 0 Å². The van der Waals surface area contributed by atoms with Gasteiger partial charge in [0, 0.05) is 38.4 Å². The van der Waals surface area contributed by atoms with Crippen molar-refractivity contribution in [3.63, 3.8) is 0 Å². The van der Waals surface area contributed by atoms with Gasteiger partial charge in [-0.25, -0.2) is 0 Å². The molecule has 0 aliphatic carbocycles. The van der Waals surface area contributed by atoms with E-state index in [1.807, 2.05) is 84.9 Å². The van der Waals surface area contributed by atoms with Gasteiger partial charge in [0.25, 0.3) is 0 Å². The first-order valence-electron chi connectivity index (χ1n) is 14.2. The van der Waals surface area contributed by atoms with Crippen LogP contribution in [-0.2, 0) is 0 Å². The average molecular weight is 560 g/mol. The predicted octanol–water partition coefficient (Wildman–Crippen LogP) is 9.16. The number of nitriles is 3. The molecule has 8 aromatic rings. The van der Waals surface area contributed by atoms with Crippen molar-refractivity contribution in [1.29, 1.82) is 15.8 Å². The van der Waals surface area contributed by atoms with Crippen molar-refractivity contribution in [2.75, 3.05) is 0 Å². The Morgan fingerprint density at radius 2 is 0.818 bits per heavy atom. The zero-order valence-electron chi connectivity index (χ0n) is 23.4. The van der Waals surface area contributed by atoms with Gasteiger partial charge in [0.2, 0.25) is 0 Å². The topological polar surface area (TPSA) is 81.2 Å². The molecule has 0 unspecified atom stereocenters. The molecule has 8 rings (SSSR count). The molecule has 6 aromatic carbocycles. The van der Waals surface area contributed by atoms with Gasteiger partial charge < -0.3 is 9.13 Å². The van der Waals surface area contributed by atoms with Crippen LogP contribution in [0.3, 0.4) is 0 Å². The number of aromatic nitrogens is 2. The molecule has 0 bridgehead atoms. The van der Waals surface area contributed by atoms with Gasteiger partial charge in [0.1, 0.15) is 6.07 Å². The van der Waals surface area contributed by atoms with Crippen molar-refractivity contribution in [2.24, 2.45) is 0 Å². The van der Waals surface area contributed by atoms with Crippen LogP contribution in [0.15, 0.2) is 127 Å². The molecule has 0 fully saturated rings. The van der Waals surface area contributed by atoms with E-state index < -0.39 is 0 Å². The summed E-state index contributed by atoms with van der Waals surface area (Å²) in [5.41, 5.74) is 7.57. The molecule has 0 spiro atoms. The minimum absolute atomic E-state index is 0.359. The highest BCUT2D eigenvalue weighted by Gasteiger charge is 2.23. The SMILES string of the molecule is N#Cc1cc(-n2c3ccccc3c3ccccc32)cc(C#N)c1-c1cccc(C#N)c1-n1c2ccccc2c2ccccc21. The highest BCUT2D eigenvalue weighted by Crippen LogP contribution is 2.41. The summed E-state index contributed by atoms with van der Waals surface area (Å²) in [5, 5.41) is 35.9. The fourth-order valence-corrected chi connectivity index (χ4v) is 6.66. The third-order valence-corrected chi connectivity index (χ3v) is 8.43. The Bertz CT molecular complexity index is 2450. The van der Waals surface area contributed by atoms with Crippen molar-refractivity contribution in [3.8, 4) is 40.7 Å². The number of hydrogen-bond donors (Lipinski definition) is 0. The lowest BCUT2D eigenvalue weighted by molar-refractivity contribution is 1.16. The number of rotatable bonds is 3. The zero-order valence-corrected chi connectivity index (χ0v) is 23.4. The summed E-state index contributed by atoms with van der Waals surface area (Å²) < 4.78 is 4.19. The lowest BCUT2D eigenvalue weighted by Crippen LogP contribution is -2.04. The molecule has 2 aromatic heterocycles. The summed E-state index contributed by atoms with van der Waals surface area (Å²) >= 11 is 0. The number of hydrogen-bond acceptors (Lipinski definition) is 3. The summed E-state index contributed by atoms with van der Waals surface area (Å²) in [7, 11) is 0. The molecule has 0 radical (unpaired) electrons. The Balaban J connectivity index is 1.47. The fraction of sp³-hybridized carbons (Fsp3) is 0. The van der Waals surface area contributed by atoms with E-state index in [9.17, 15) is 15.8 Å². The maximum atomic E-state index is 10.6. The van der Waals surface area contributed by atoms with Crippen LogP contribution in [0, 0.1) is 34.0 Å². The minimum Gasteiger partial charge on any atom is -0.309 e. The Hall–Kier alpha value is -6.61. The van der Waals surface area contributed by atoms with Gasteiger partial charge in [-0.1, -0.05) is 84.9 Å². The van der Waals surface area contributed by atoms with E-state index in [0.717, 1.165) is 49.3 Å². The van der Waals surface area contributed by atoms with Gasteiger partial charge in [-0.15, -0.1) is 0 Å². The summed E-state index contributed by atoms with van der Waals surface area (Å²) in [6, 6.07) is 48.9. The van der Waals surface area contributed by atoms with E-state index in [0.29, 0.717) is 33.5 Å². The van der Waals surface area contributed by atoms with Crippen molar-refractivity contribution in [2.45, 2.75) is 0 Å². The van der Waals surface area contributed by atoms with Crippen LogP contribution < -0.4 is 0 Å². The molecule has 202 valence electrons. The highest BCUT2D eigenvalue weighted by atomic mass is 15.0. The molecule has 0 N–H and O–H groups in total. The van der Waals surface area contributed by atoms with E-state index in [1.54, 1.807) is 6.07 Å². The second-order valence-corrected chi connectivity index (χ2v) is 10.7. The van der Waals surface area contributed by atoms with Crippen LogP contribution in [0.5, 0.6) is 0 Å². The van der Waals surface area contributed by atoms with E-state index in [2.05, 4.69) is 63.7 Å². The predicted molar refractivity (Wildman–Crippen MR) is 175 cm³/mol. The maximum absolute atomic E-state index is 10.6. The summed E-state index contributed by atoms with van der Waals surface area (Å²) in [6.07, 6.45) is 0. The highest BCUT2D eigenvalue weighted by molar-refractivity contribution is 6.11. The maximum Gasteiger partial charge on any atom is 0.101 e. The van der Waals surface area contributed by atoms with E-state index in [1.165, 1.54) is 0 Å². The smallest absolute Gasteiger partial charge is 0.101 e. The molecule has 0 atom stereocenters. The molecular formula is C39H21N5. The third-order valence-electron chi connectivity index (χ3n) is 8.43. The molecule has 0 aliphatic heterocycles. The van der Waals surface area contributed by atoms with Crippen LogP contribution in [0.2, 0.25) is 0 Å².